The van der Waals surface area contributed by atoms with Gasteiger partial charge in [-0.05, 0) is 30.4 Å². The second-order valence-corrected chi connectivity index (χ2v) is 3.58. The van der Waals surface area contributed by atoms with Gasteiger partial charge in [0.05, 0.1) is 11.3 Å². The molecule has 1 heterocycles. The number of benzene rings is 1. The fraction of sp³-hybridized carbons (Fsp3) is 0.111. The summed E-state index contributed by atoms with van der Waals surface area (Å²) in [6.07, 6.45) is -3.42. The van der Waals surface area contributed by atoms with E-state index < -0.39 is 17.6 Å². The molecular formula is C9H5F4N3S. The zero-order valence-electron chi connectivity index (χ0n) is 8.12. The lowest BCUT2D eigenvalue weighted by Crippen LogP contribution is -2.07. The Hall–Kier alpha value is -1.70. The zero-order valence-corrected chi connectivity index (χ0v) is 8.94. The number of nitrogens with zero attached hydrogens (tertiary/aromatic N) is 2. The molecule has 90 valence electrons. The van der Waals surface area contributed by atoms with Crippen LogP contribution in [0.4, 0.5) is 17.6 Å². The van der Waals surface area contributed by atoms with Gasteiger partial charge in [0.15, 0.2) is 4.77 Å². The SMILES string of the molecule is Fc1ccc(C(F)(F)F)cc1-n1cn[nH]c1=S. The minimum atomic E-state index is -4.53. The maximum absolute atomic E-state index is 13.4. The van der Waals surface area contributed by atoms with Crippen molar-refractivity contribution in [3.8, 4) is 5.69 Å². The van der Waals surface area contributed by atoms with Crippen molar-refractivity contribution < 1.29 is 17.6 Å². The summed E-state index contributed by atoms with van der Waals surface area (Å²) in [5, 5.41) is 5.85. The van der Waals surface area contributed by atoms with Gasteiger partial charge in [-0.15, -0.1) is 0 Å². The first kappa shape index (κ1) is 11.8. The summed E-state index contributed by atoms with van der Waals surface area (Å²) < 4.78 is 51.9. The fourth-order valence-electron chi connectivity index (χ4n) is 1.29. The van der Waals surface area contributed by atoms with Crippen molar-refractivity contribution in [2.75, 3.05) is 0 Å². The number of aromatic amines is 1. The molecule has 2 aromatic rings. The molecule has 0 fully saturated rings. The zero-order chi connectivity index (χ0) is 12.6. The molecule has 0 saturated heterocycles. The molecule has 1 aromatic carbocycles. The van der Waals surface area contributed by atoms with E-state index in [1.165, 1.54) is 0 Å². The molecule has 0 aliphatic carbocycles. The van der Waals surface area contributed by atoms with E-state index in [2.05, 4.69) is 10.2 Å². The molecule has 3 nitrogen and oxygen atoms in total. The molecule has 2 rings (SSSR count). The highest BCUT2D eigenvalue weighted by molar-refractivity contribution is 7.71. The maximum Gasteiger partial charge on any atom is 0.416 e. The third-order valence-corrected chi connectivity index (χ3v) is 2.37. The molecule has 0 atom stereocenters. The topological polar surface area (TPSA) is 33.6 Å². The van der Waals surface area contributed by atoms with E-state index in [1.807, 2.05) is 0 Å². The molecule has 0 saturated carbocycles. The molecule has 0 amide bonds. The molecule has 0 aliphatic heterocycles. The van der Waals surface area contributed by atoms with Crippen LogP contribution in [0, 0.1) is 10.6 Å². The van der Waals surface area contributed by atoms with Crippen LogP contribution >= 0.6 is 12.2 Å². The Morgan fingerprint density at radius 3 is 2.53 bits per heavy atom. The Labute approximate surface area is 97.7 Å². The van der Waals surface area contributed by atoms with Crippen molar-refractivity contribution in [2.24, 2.45) is 0 Å². The van der Waals surface area contributed by atoms with E-state index in [1.54, 1.807) is 0 Å². The van der Waals surface area contributed by atoms with Crippen molar-refractivity contribution in [2.45, 2.75) is 6.18 Å². The second kappa shape index (κ2) is 3.95. The molecule has 17 heavy (non-hydrogen) atoms. The van der Waals surface area contributed by atoms with Gasteiger partial charge in [0.25, 0.3) is 0 Å². The van der Waals surface area contributed by atoms with Gasteiger partial charge in [0.2, 0.25) is 0 Å². The highest BCUT2D eigenvalue weighted by Gasteiger charge is 2.31. The average Bonchev–Trinajstić information content (AvgIpc) is 2.63. The lowest BCUT2D eigenvalue weighted by molar-refractivity contribution is -0.137. The molecule has 8 heteroatoms. The van der Waals surface area contributed by atoms with E-state index in [-0.39, 0.29) is 10.5 Å². The maximum atomic E-state index is 13.4. The van der Waals surface area contributed by atoms with Crippen LogP contribution in [-0.4, -0.2) is 14.8 Å². The summed E-state index contributed by atoms with van der Waals surface area (Å²) in [5.74, 6) is -0.810. The summed E-state index contributed by atoms with van der Waals surface area (Å²) in [6, 6.07) is 2.09. The number of alkyl halides is 3. The number of hydrogen-bond acceptors (Lipinski definition) is 2. The first-order valence-electron chi connectivity index (χ1n) is 4.39. The van der Waals surface area contributed by atoms with Crippen molar-refractivity contribution in [3.05, 3.63) is 40.7 Å². The number of halogens is 4. The number of nitrogens with one attached hydrogen (secondary N) is 1. The van der Waals surface area contributed by atoms with Crippen molar-refractivity contribution in [1.29, 1.82) is 0 Å². The standard InChI is InChI=1S/C9H5F4N3S/c10-6-2-1-5(9(11,12)13)3-7(6)16-4-14-15-8(16)17/h1-4H,(H,15,17). The van der Waals surface area contributed by atoms with Gasteiger partial charge in [-0.2, -0.15) is 18.3 Å². The van der Waals surface area contributed by atoms with Gasteiger partial charge < -0.3 is 0 Å². The van der Waals surface area contributed by atoms with E-state index in [0.717, 1.165) is 17.0 Å². The first-order chi connectivity index (χ1) is 7.89. The second-order valence-electron chi connectivity index (χ2n) is 3.20. The van der Waals surface area contributed by atoms with Crippen molar-refractivity contribution in [3.63, 3.8) is 0 Å². The quantitative estimate of drug-likeness (QED) is 0.633. The van der Waals surface area contributed by atoms with Crippen LogP contribution in [0.3, 0.4) is 0 Å². The Balaban J connectivity index is 2.63. The predicted molar refractivity (Wildman–Crippen MR) is 53.7 cm³/mol. The minimum absolute atomic E-state index is 0.0169. The van der Waals surface area contributed by atoms with Crippen LogP contribution in [-0.2, 0) is 6.18 Å². The van der Waals surface area contributed by atoms with Gasteiger partial charge in [0, 0.05) is 0 Å². The minimum Gasteiger partial charge on any atom is -0.272 e. The number of H-pyrrole nitrogens is 1. The Morgan fingerprint density at radius 2 is 2.00 bits per heavy atom. The van der Waals surface area contributed by atoms with Gasteiger partial charge in [-0.3, -0.25) is 9.67 Å². The monoisotopic (exact) mass is 263 g/mol. The van der Waals surface area contributed by atoms with Gasteiger partial charge in [-0.25, -0.2) is 4.39 Å². The number of rotatable bonds is 1. The number of hydrogen-bond donors (Lipinski definition) is 1. The van der Waals surface area contributed by atoms with Crippen LogP contribution in [0.2, 0.25) is 0 Å². The van der Waals surface area contributed by atoms with E-state index in [9.17, 15) is 17.6 Å². The lowest BCUT2D eigenvalue weighted by atomic mass is 10.2. The fourth-order valence-corrected chi connectivity index (χ4v) is 1.49. The molecule has 0 bridgehead atoms. The first-order valence-corrected chi connectivity index (χ1v) is 4.79. The molecule has 1 aromatic heterocycles. The largest absolute Gasteiger partial charge is 0.416 e. The smallest absolute Gasteiger partial charge is 0.272 e. The Bertz CT molecular complexity index is 599. The van der Waals surface area contributed by atoms with Crippen LogP contribution in [0.25, 0.3) is 5.69 Å². The van der Waals surface area contributed by atoms with Crippen LogP contribution in [0.1, 0.15) is 5.56 Å². The molecule has 0 unspecified atom stereocenters. The number of aromatic nitrogens is 3. The van der Waals surface area contributed by atoms with Crippen LogP contribution < -0.4 is 0 Å². The normalized spacial score (nSPS) is 11.8. The summed E-state index contributed by atoms with van der Waals surface area (Å²) in [5.41, 5.74) is -1.24. The summed E-state index contributed by atoms with van der Waals surface area (Å²) >= 11 is 4.76. The van der Waals surface area contributed by atoms with E-state index in [4.69, 9.17) is 12.2 Å². The Morgan fingerprint density at radius 1 is 1.29 bits per heavy atom. The summed E-state index contributed by atoms with van der Waals surface area (Å²) in [4.78, 5) is 0. The predicted octanol–water partition coefficient (Wildman–Crippen LogP) is 3.09. The van der Waals surface area contributed by atoms with Crippen LogP contribution in [0.5, 0.6) is 0 Å². The van der Waals surface area contributed by atoms with Crippen molar-refractivity contribution in [1.82, 2.24) is 14.8 Å². The summed E-state index contributed by atoms with van der Waals surface area (Å²) in [7, 11) is 0. The van der Waals surface area contributed by atoms with Gasteiger partial charge >= 0.3 is 6.18 Å². The van der Waals surface area contributed by atoms with E-state index >= 15 is 0 Å². The lowest BCUT2D eigenvalue weighted by Gasteiger charge is -2.09. The van der Waals surface area contributed by atoms with E-state index in [0.29, 0.717) is 12.1 Å². The molecule has 0 spiro atoms. The molecular weight excluding hydrogens is 258 g/mol. The summed E-state index contributed by atoms with van der Waals surface area (Å²) in [6.45, 7) is 0. The van der Waals surface area contributed by atoms with Crippen LogP contribution in [0.15, 0.2) is 24.5 Å². The van der Waals surface area contributed by atoms with Gasteiger partial charge in [-0.1, -0.05) is 0 Å². The van der Waals surface area contributed by atoms with Gasteiger partial charge in [0.1, 0.15) is 12.1 Å². The third kappa shape index (κ3) is 2.21. The van der Waals surface area contributed by atoms with Crippen molar-refractivity contribution >= 4 is 12.2 Å². The molecule has 1 N–H and O–H groups in total. The average molecular weight is 263 g/mol. The highest BCUT2D eigenvalue weighted by Crippen LogP contribution is 2.31. The highest BCUT2D eigenvalue weighted by atomic mass is 32.1. The molecule has 0 radical (unpaired) electrons. The Kier molecular flexibility index (Phi) is 2.74. The molecule has 0 aliphatic rings. The third-order valence-electron chi connectivity index (χ3n) is 2.09.